The molecule has 1 aliphatic heterocycles. The Bertz CT molecular complexity index is 810. The van der Waals surface area contributed by atoms with E-state index in [1.807, 2.05) is 0 Å². The SMILES string of the molecule is CCN(C(=O)C(C)OC(=O)COc1ccc(Cl)cc1C)C1CCS(=O)(=O)C1. The van der Waals surface area contributed by atoms with Crippen LogP contribution in [0.15, 0.2) is 18.2 Å². The zero-order valence-electron chi connectivity index (χ0n) is 15.6. The Hall–Kier alpha value is -1.80. The van der Waals surface area contributed by atoms with Crippen molar-refractivity contribution in [3.8, 4) is 5.75 Å². The van der Waals surface area contributed by atoms with Crippen molar-refractivity contribution in [2.24, 2.45) is 0 Å². The number of benzene rings is 1. The Morgan fingerprint density at radius 1 is 1.37 bits per heavy atom. The van der Waals surface area contributed by atoms with Gasteiger partial charge in [-0.05, 0) is 51.0 Å². The van der Waals surface area contributed by atoms with E-state index in [0.29, 0.717) is 23.7 Å². The summed E-state index contributed by atoms with van der Waals surface area (Å²) in [5.74, 6) is -0.562. The van der Waals surface area contributed by atoms with E-state index in [1.54, 1.807) is 32.0 Å². The summed E-state index contributed by atoms with van der Waals surface area (Å²) in [7, 11) is -3.11. The van der Waals surface area contributed by atoms with Gasteiger partial charge < -0.3 is 14.4 Å². The van der Waals surface area contributed by atoms with E-state index < -0.39 is 27.8 Å². The molecule has 0 aromatic heterocycles. The van der Waals surface area contributed by atoms with Crippen LogP contribution in [0.2, 0.25) is 5.02 Å². The minimum absolute atomic E-state index is 0.0494. The molecule has 2 unspecified atom stereocenters. The first-order valence-electron chi connectivity index (χ1n) is 8.72. The third-order valence-corrected chi connectivity index (χ3v) is 6.40. The number of halogens is 1. The van der Waals surface area contributed by atoms with Crippen LogP contribution in [-0.2, 0) is 24.2 Å². The molecule has 0 radical (unpaired) electrons. The number of amides is 1. The first-order valence-corrected chi connectivity index (χ1v) is 10.9. The molecule has 1 heterocycles. The molecular formula is C18H24ClNO6S. The minimum atomic E-state index is -3.11. The van der Waals surface area contributed by atoms with Crippen molar-refractivity contribution in [1.82, 2.24) is 4.90 Å². The summed E-state index contributed by atoms with van der Waals surface area (Å²) in [6.07, 6.45) is -0.614. The highest BCUT2D eigenvalue weighted by molar-refractivity contribution is 7.91. The Labute approximate surface area is 164 Å². The highest BCUT2D eigenvalue weighted by Crippen LogP contribution is 2.22. The zero-order chi connectivity index (χ0) is 20.2. The van der Waals surface area contributed by atoms with E-state index in [-0.39, 0.29) is 24.2 Å². The average molecular weight is 418 g/mol. The number of sulfone groups is 1. The summed E-state index contributed by atoms with van der Waals surface area (Å²) in [6.45, 7) is 5.04. The fraction of sp³-hybridized carbons (Fsp3) is 0.556. The molecule has 7 nitrogen and oxygen atoms in total. The molecule has 27 heavy (non-hydrogen) atoms. The lowest BCUT2D eigenvalue weighted by Crippen LogP contribution is -2.46. The maximum absolute atomic E-state index is 12.6. The van der Waals surface area contributed by atoms with Gasteiger partial charge in [0.1, 0.15) is 5.75 Å². The van der Waals surface area contributed by atoms with Gasteiger partial charge in [-0.3, -0.25) is 4.79 Å². The molecule has 150 valence electrons. The van der Waals surface area contributed by atoms with Crippen molar-refractivity contribution < 1.29 is 27.5 Å². The molecule has 0 saturated carbocycles. The van der Waals surface area contributed by atoms with Crippen LogP contribution in [0.5, 0.6) is 5.75 Å². The van der Waals surface area contributed by atoms with Gasteiger partial charge in [-0.25, -0.2) is 13.2 Å². The Kier molecular flexibility index (Phi) is 7.11. The summed E-state index contributed by atoms with van der Waals surface area (Å²) >= 11 is 5.87. The number of rotatable bonds is 7. The Morgan fingerprint density at radius 2 is 2.07 bits per heavy atom. The van der Waals surface area contributed by atoms with Crippen molar-refractivity contribution in [3.63, 3.8) is 0 Å². The van der Waals surface area contributed by atoms with Crippen LogP contribution >= 0.6 is 11.6 Å². The normalized spacial score (nSPS) is 19.3. The predicted octanol–water partition coefficient (Wildman–Crippen LogP) is 1.99. The zero-order valence-corrected chi connectivity index (χ0v) is 17.2. The molecule has 1 aromatic carbocycles. The van der Waals surface area contributed by atoms with Crippen molar-refractivity contribution in [1.29, 1.82) is 0 Å². The number of carbonyl (C=O) groups excluding carboxylic acids is 2. The number of hydrogen-bond acceptors (Lipinski definition) is 6. The van der Waals surface area contributed by atoms with Gasteiger partial charge in [0.2, 0.25) is 0 Å². The predicted molar refractivity (Wildman–Crippen MR) is 102 cm³/mol. The monoisotopic (exact) mass is 417 g/mol. The Balaban J connectivity index is 1.89. The summed E-state index contributed by atoms with van der Waals surface area (Å²) < 4.78 is 33.9. The highest BCUT2D eigenvalue weighted by atomic mass is 35.5. The fourth-order valence-corrected chi connectivity index (χ4v) is 5.00. The standard InChI is InChI=1S/C18H24ClNO6S/c1-4-20(15-7-8-27(23,24)11-15)18(22)13(3)26-17(21)10-25-16-6-5-14(19)9-12(16)2/h5-6,9,13,15H,4,7-8,10-11H2,1-3H3. The molecular weight excluding hydrogens is 394 g/mol. The van der Waals surface area contributed by atoms with Crippen molar-refractivity contribution in [2.75, 3.05) is 24.7 Å². The van der Waals surface area contributed by atoms with Gasteiger partial charge in [0, 0.05) is 17.6 Å². The number of carbonyl (C=O) groups is 2. The van der Waals surface area contributed by atoms with E-state index in [9.17, 15) is 18.0 Å². The fourth-order valence-electron chi connectivity index (χ4n) is 3.04. The summed E-state index contributed by atoms with van der Waals surface area (Å²) in [4.78, 5) is 26.0. The molecule has 2 rings (SSSR count). The quantitative estimate of drug-likeness (QED) is 0.630. The molecule has 0 spiro atoms. The number of ether oxygens (including phenoxy) is 2. The summed E-state index contributed by atoms with van der Waals surface area (Å²) in [5.41, 5.74) is 0.777. The van der Waals surface area contributed by atoms with Crippen LogP contribution in [0.4, 0.5) is 0 Å². The van der Waals surface area contributed by atoms with Gasteiger partial charge in [0.15, 0.2) is 22.5 Å². The topological polar surface area (TPSA) is 90.0 Å². The van der Waals surface area contributed by atoms with Gasteiger partial charge in [-0.15, -0.1) is 0 Å². The second-order valence-corrected chi connectivity index (χ2v) is 9.18. The third-order valence-electron chi connectivity index (χ3n) is 4.41. The molecule has 1 aliphatic rings. The minimum Gasteiger partial charge on any atom is -0.482 e. The van der Waals surface area contributed by atoms with Gasteiger partial charge in [-0.1, -0.05) is 11.6 Å². The lowest BCUT2D eigenvalue weighted by molar-refractivity contribution is -0.161. The van der Waals surface area contributed by atoms with Crippen LogP contribution in [0.1, 0.15) is 25.8 Å². The molecule has 1 amide bonds. The number of likely N-dealkylation sites (N-methyl/N-ethyl adjacent to an activating group) is 1. The number of esters is 1. The summed E-state index contributed by atoms with van der Waals surface area (Å²) in [5, 5.41) is 0.565. The van der Waals surface area contributed by atoms with Gasteiger partial charge in [-0.2, -0.15) is 0 Å². The Morgan fingerprint density at radius 3 is 2.63 bits per heavy atom. The van der Waals surface area contributed by atoms with Crippen LogP contribution in [0, 0.1) is 6.92 Å². The van der Waals surface area contributed by atoms with Crippen molar-refractivity contribution >= 4 is 33.3 Å². The maximum Gasteiger partial charge on any atom is 0.344 e. The van der Waals surface area contributed by atoms with Crippen LogP contribution in [0.25, 0.3) is 0 Å². The molecule has 1 aromatic rings. The van der Waals surface area contributed by atoms with Gasteiger partial charge in [0.25, 0.3) is 5.91 Å². The van der Waals surface area contributed by atoms with E-state index >= 15 is 0 Å². The van der Waals surface area contributed by atoms with Crippen molar-refractivity contribution in [3.05, 3.63) is 28.8 Å². The lowest BCUT2D eigenvalue weighted by atomic mass is 10.2. The van der Waals surface area contributed by atoms with Crippen molar-refractivity contribution in [2.45, 2.75) is 39.3 Å². The lowest BCUT2D eigenvalue weighted by Gasteiger charge is -2.29. The molecule has 0 N–H and O–H groups in total. The molecule has 0 aliphatic carbocycles. The smallest absolute Gasteiger partial charge is 0.344 e. The third kappa shape index (κ3) is 5.84. The van der Waals surface area contributed by atoms with Crippen LogP contribution < -0.4 is 4.74 Å². The van der Waals surface area contributed by atoms with E-state index in [1.165, 1.54) is 11.8 Å². The van der Waals surface area contributed by atoms with Crippen LogP contribution in [-0.4, -0.2) is 62.0 Å². The number of nitrogens with zero attached hydrogens (tertiary/aromatic N) is 1. The van der Waals surface area contributed by atoms with E-state index in [4.69, 9.17) is 21.1 Å². The molecule has 0 bridgehead atoms. The first kappa shape index (κ1) is 21.5. The van der Waals surface area contributed by atoms with E-state index in [0.717, 1.165) is 5.56 Å². The first-order chi connectivity index (χ1) is 12.6. The van der Waals surface area contributed by atoms with E-state index in [2.05, 4.69) is 0 Å². The second-order valence-electron chi connectivity index (χ2n) is 6.51. The molecule has 1 saturated heterocycles. The molecule has 9 heteroatoms. The highest BCUT2D eigenvalue weighted by Gasteiger charge is 2.36. The summed E-state index contributed by atoms with van der Waals surface area (Å²) in [6, 6.07) is 4.64. The molecule has 1 fully saturated rings. The maximum atomic E-state index is 12.6. The molecule has 2 atom stereocenters. The second kappa shape index (κ2) is 8.93. The number of aryl methyl sites for hydroxylation is 1. The van der Waals surface area contributed by atoms with Gasteiger partial charge >= 0.3 is 5.97 Å². The largest absolute Gasteiger partial charge is 0.482 e. The average Bonchev–Trinajstić information content (AvgIpc) is 2.94. The number of hydrogen-bond donors (Lipinski definition) is 0. The van der Waals surface area contributed by atoms with Gasteiger partial charge in [0.05, 0.1) is 11.5 Å². The van der Waals surface area contributed by atoms with Crippen LogP contribution in [0.3, 0.4) is 0 Å².